The molecule has 0 saturated heterocycles. The fraction of sp³-hybridized carbons (Fsp3) is 0.0370. The Balaban J connectivity index is 0.00000192. The molecule has 0 aliphatic rings. The van der Waals surface area contributed by atoms with Crippen LogP contribution in [0.25, 0.3) is 44.5 Å². The van der Waals surface area contributed by atoms with Crippen LogP contribution in [0.15, 0.2) is 114 Å². The van der Waals surface area contributed by atoms with Gasteiger partial charge < -0.3 is 4.42 Å². The van der Waals surface area contributed by atoms with Gasteiger partial charge in [-0.05, 0) is 17.2 Å². The highest BCUT2D eigenvalue weighted by Crippen LogP contribution is 2.39. The lowest BCUT2D eigenvalue weighted by Gasteiger charge is -2.04. The van der Waals surface area contributed by atoms with Crippen LogP contribution in [0.5, 0.6) is 0 Å². The molecule has 5 rings (SSSR count). The summed E-state index contributed by atoms with van der Waals surface area (Å²) in [6.45, 7) is 0. The highest BCUT2D eigenvalue weighted by molar-refractivity contribution is 6.02. The van der Waals surface area contributed by atoms with Crippen molar-refractivity contribution in [3.05, 3.63) is 109 Å². The summed E-state index contributed by atoms with van der Waals surface area (Å²) in [5.74, 6) is 1.84. The van der Waals surface area contributed by atoms with Gasteiger partial charge in [0.15, 0.2) is 0 Å². The summed E-state index contributed by atoms with van der Waals surface area (Å²) in [5.41, 5.74) is 4.59. The van der Waals surface area contributed by atoms with Crippen molar-refractivity contribution in [2.75, 3.05) is 0 Å². The Morgan fingerprint density at radius 3 is 1.50 bits per heavy atom. The molecule has 1 heteroatoms. The zero-order valence-electron chi connectivity index (χ0n) is 14.8. The van der Waals surface area contributed by atoms with Gasteiger partial charge in [0, 0.05) is 21.9 Å². The van der Waals surface area contributed by atoms with Crippen molar-refractivity contribution >= 4 is 10.8 Å². The van der Waals surface area contributed by atoms with Crippen molar-refractivity contribution < 1.29 is 4.42 Å². The third kappa shape index (κ3) is 3.12. The molecule has 0 radical (unpaired) electrons. The van der Waals surface area contributed by atoms with Crippen molar-refractivity contribution in [3.63, 3.8) is 0 Å². The molecule has 0 N–H and O–H groups in total. The van der Waals surface area contributed by atoms with E-state index >= 15 is 0 Å². The average Bonchev–Trinajstić information content (AvgIpc) is 3.15. The van der Waals surface area contributed by atoms with Gasteiger partial charge in [-0.15, -0.1) is 0 Å². The van der Waals surface area contributed by atoms with Crippen LogP contribution in [0.1, 0.15) is 7.43 Å². The van der Waals surface area contributed by atoms with Crippen molar-refractivity contribution in [2.24, 2.45) is 0 Å². The van der Waals surface area contributed by atoms with Crippen LogP contribution in [0.2, 0.25) is 0 Å². The smallest absolute Gasteiger partial charge is 0.142 e. The molecule has 136 valence electrons. The molecule has 28 heavy (non-hydrogen) atoms. The summed E-state index contributed by atoms with van der Waals surface area (Å²) < 4.78 is 6.43. The van der Waals surface area contributed by atoms with E-state index in [2.05, 4.69) is 84.9 Å². The minimum atomic E-state index is 0. The van der Waals surface area contributed by atoms with Crippen molar-refractivity contribution in [2.45, 2.75) is 7.43 Å². The maximum atomic E-state index is 6.43. The Labute approximate surface area is 165 Å². The topological polar surface area (TPSA) is 13.1 Å². The minimum Gasteiger partial charge on any atom is -0.455 e. The van der Waals surface area contributed by atoms with Gasteiger partial charge in [0.1, 0.15) is 11.5 Å². The van der Waals surface area contributed by atoms with E-state index < -0.39 is 0 Å². The number of hydrogen-bond acceptors (Lipinski definition) is 1. The van der Waals surface area contributed by atoms with Crippen LogP contribution in [-0.2, 0) is 0 Å². The molecule has 0 fully saturated rings. The van der Waals surface area contributed by atoms with E-state index in [-0.39, 0.29) is 7.43 Å². The summed E-state index contributed by atoms with van der Waals surface area (Å²) in [5, 5.41) is 2.28. The second-order valence-electron chi connectivity index (χ2n) is 6.62. The quantitative estimate of drug-likeness (QED) is 0.316. The van der Waals surface area contributed by atoms with Crippen LogP contribution in [0, 0.1) is 0 Å². The van der Waals surface area contributed by atoms with E-state index in [9.17, 15) is 0 Å². The summed E-state index contributed by atoms with van der Waals surface area (Å²) >= 11 is 0. The molecule has 0 bridgehead atoms. The van der Waals surface area contributed by atoms with Crippen LogP contribution >= 0.6 is 0 Å². The lowest BCUT2D eigenvalue weighted by atomic mass is 10.0. The van der Waals surface area contributed by atoms with Crippen molar-refractivity contribution in [3.8, 4) is 33.8 Å². The lowest BCUT2D eigenvalue weighted by molar-refractivity contribution is 0.602. The second-order valence-corrected chi connectivity index (χ2v) is 6.62. The van der Waals surface area contributed by atoms with Gasteiger partial charge in [-0.25, -0.2) is 0 Å². The summed E-state index contributed by atoms with van der Waals surface area (Å²) in [4.78, 5) is 0. The second kappa shape index (κ2) is 7.58. The lowest BCUT2D eigenvalue weighted by Crippen LogP contribution is -1.80. The van der Waals surface area contributed by atoms with E-state index in [1.54, 1.807) is 0 Å². The van der Waals surface area contributed by atoms with Crippen LogP contribution in [0.3, 0.4) is 0 Å². The Kier molecular flexibility index (Phi) is 4.82. The first-order valence-corrected chi connectivity index (χ1v) is 9.13. The third-order valence-corrected chi connectivity index (χ3v) is 4.89. The number of rotatable bonds is 3. The van der Waals surface area contributed by atoms with E-state index in [4.69, 9.17) is 4.42 Å². The van der Waals surface area contributed by atoms with E-state index in [0.29, 0.717) is 0 Å². The standard InChI is InChI=1S/C26H18O.CH4/c1-3-10-19(11-4-1)21-14-9-15-22(18-21)26-24-17-8-7-16-23(24)25(27-26)20-12-5-2-6-13-20;/h1-18H;1H4. The third-order valence-electron chi connectivity index (χ3n) is 4.89. The zero-order valence-corrected chi connectivity index (χ0v) is 14.8. The predicted octanol–water partition coefficient (Wildman–Crippen LogP) is 8.07. The minimum absolute atomic E-state index is 0. The molecule has 1 aromatic heterocycles. The Bertz CT molecular complexity index is 1200. The number of fused-ring (bicyclic) bond motifs is 1. The fourth-order valence-corrected chi connectivity index (χ4v) is 3.58. The van der Waals surface area contributed by atoms with Gasteiger partial charge >= 0.3 is 0 Å². The molecule has 1 heterocycles. The first kappa shape index (κ1) is 17.8. The number of benzene rings is 4. The van der Waals surface area contributed by atoms with Gasteiger partial charge in [-0.1, -0.05) is 111 Å². The highest BCUT2D eigenvalue weighted by atomic mass is 16.3. The Morgan fingerprint density at radius 1 is 0.393 bits per heavy atom. The zero-order chi connectivity index (χ0) is 18.1. The molecule has 0 unspecified atom stereocenters. The van der Waals surface area contributed by atoms with Gasteiger partial charge in [-0.3, -0.25) is 0 Å². The van der Waals surface area contributed by atoms with E-state index in [1.165, 1.54) is 11.1 Å². The molecule has 0 saturated carbocycles. The van der Waals surface area contributed by atoms with Gasteiger partial charge in [-0.2, -0.15) is 0 Å². The highest BCUT2D eigenvalue weighted by Gasteiger charge is 2.16. The maximum Gasteiger partial charge on any atom is 0.142 e. The normalized spacial score (nSPS) is 10.6. The average molecular weight is 362 g/mol. The maximum absolute atomic E-state index is 6.43. The SMILES string of the molecule is C.c1ccc(-c2cccc(-c3oc(-c4ccccc4)c4ccccc34)c2)cc1. The molecule has 0 aliphatic heterocycles. The first-order valence-electron chi connectivity index (χ1n) is 9.13. The van der Waals surface area contributed by atoms with Gasteiger partial charge in [0.05, 0.1) is 0 Å². The van der Waals surface area contributed by atoms with Crippen LogP contribution < -0.4 is 0 Å². The van der Waals surface area contributed by atoms with E-state index in [0.717, 1.165) is 33.4 Å². The molecule has 0 amide bonds. The summed E-state index contributed by atoms with van der Waals surface area (Å²) in [7, 11) is 0. The molecule has 0 spiro atoms. The monoisotopic (exact) mass is 362 g/mol. The van der Waals surface area contributed by atoms with Gasteiger partial charge in [0.25, 0.3) is 0 Å². The van der Waals surface area contributed by atoms with Crippen LogP contribution in [-0.4, -0.2) is 0 Å². The van der Waals surface area contributed by atoms with Crippen molar-refractivity contribution in [1.29, 1.82) is 0 Å². The molecule has 0 atom stereocenters. The van der Waals surface area contributed by atoms with Crippen molar-refractivity contribution in [1.82, 2.24) is 0 Å². The number of furan rings is 1. The van der Waals surface area contributed by atoms with Gasteiger partial charge in [0.2, 0.25) is 0 Å². The molecular formula is C27H22O. The Hall–Kier alpha value is -3.58. The van der Waals surface area contributed by atoms with Crippen LogP contribution in [0.4, 0.5) is 0 Å². The van der Waals surface area contributed by atoms with E-state index in [1.807, 2.05) is 24.3 Å². The molecule has 5 aromatic rings. The Morgan fingerprint density at radius 2 is 0.857 bits per heavy atom. The molecule has 4 aromatic carbocycles. The number of hydrogen-bond donors (Lipinski definition) is 0. The predicted molar refractivity (Wildman–Crippen MR) is 119 cm³/mol. The largest absolute Gasteiger partial charge is 0.455 e. The molecule has 0 aliphatic carbocycles. The molecular weight excluding hydrogens is 340 g/mol. The fourth-order valence-electron chi connectivity index (χ4n) is 3.58. The summed E-state index contributed by atoms with van der Waals surface area (Å²) in [6, 6.07) is 37.7. The summed E-state index contributed by atoms with van der Waals surface area (Å²) in [6.07, 6.45) is 0. The molecule has 1 nitrogen and oxygen atoms in total. The first-order chi connectivity index (χ1) is 13.4.